The second-order valence-corrected chi connectivity index (χ2v) is 10.2. The fourth-order valence-corrected chi connectivity index (χ4v) is 5.15. The topological polar surface area (TPSA) is 58.6 Å². The maximum Gasteiger partial charge on any atom is 0.407 e. The smallest absolute Gasteiger partial charge is 0.407 e. The summed E-state index contributed by atoms with van der Waals surface area (Å²) < 4.78 is 4.92. The van der Waals surface area contributed by atoms with E-state index in [1.165, 1.54) is 17.5 Å². The molecule has 1 saturated heterocycles. The molecule has 2 atom stereocenters. The summed E-state index contributed by atoms with van der Waals surface area (Å²) in [4.78, 5) is 26.5. The Bertz CT molecular complexity index is 794. The van der Waals surface area contributed by atoms with E-state index in [-0.39, 0.29) is 34.8 Å². The minimum atomic E-state index is -0.373. The van der Waals surface area contributed by atoms with E-state index in [4.69, 9.17) is 4.74 Å². The standard InChI is InChI=1S/C24H34N2O3/c1-5-29-22(28)25-20-11-16(12-20)21(27)26-10-9-24(14-19(24)15-26)18-8-6-7-17(13-18)23(2,3)4/h6-8,13,16,19-20H,5,9-12,14-15H2,1-4H3,(H,25,28). The van der Waals surface area contributed by atoms with Crippen LogP contribution in [0, 0.1) is 11.8 Å². The van der Waals surface area contributed by atoms with Crippen molar-refractivity contribution >= 4 is 12.0 Å². The average Bonchev–Trinajstić information content (AvgIpc) is 3.38. The fourth-order valence-electron chi connectivity index (χ4n) is 5.15. The van der Waals surface area contributed by atoms with Crippen LogP contribution in [0.1, 0.15) is 64.5 Å². The van der Waals surface area contributed by atoms with Gasteiger partial charge in [0.1, 0.15) is 0 Å². The zero-order valence-electron chi connectivity index (χ0n) is 18.2. The molecule has 3 fully saturated rings. The third-order valence-electron chi connectivity index (χ3n) is 7.20. The van der Waals surface area contributed by atoms with Gasteiger partial charge in [0.15, 0.2) is 0 Å². The number of nitrogens with zero attached hydrogens (tertiary/aromatic N) is 1. The first kappa shape index (κ1) is 20.2. The van der Waals surface area contributed by atoms with Crippen molar-refractivity contribution in [2.75, 3.05) is 19.7 Å². The van der Waals surface area contributed by atoms with Crippen molar-refractivity contribution in [2.24, 2.45) is 11.8 Å². The van der Waals surface area contributed by atoms with E-state index in [2.05, 4.69) is 55.3 Å². The molecule has 4 rings (SSSR count). The molecule has 1 aliphatic heterocycles. The molecule has 2 aliphatic carbocycles. The van der Waals surface area contributed by atoms with E-state index in [9.17, 15) is 9.59 Å². The molecule has 1 heterocycles. The Balaban J connectivity index is 1.32. The Morgan fingerprint density at radius 3 is 2.69 bits per heavy atom. The number of carbonyl (C=O) groups is 2. The highest BCUT2D eigenvalue weighted by Gasteiger charge is 2.58. The lowest BCUT2D eigenvalue weighted by molar-refractivity contribution is -0.140. The van der Waals surface area contributed by atoms with Crippen LogP contribution < -0.4 is 5.32 Å². The first-order chi connectivity index (χ1) is 13.7. The lowest BCUT2D eigenvalue weighted by Gasteiger charge is -2.40. The molecule has 1 aromatic carbocycles. The lowest BCUT2D eigenvalue weighted by Crippen LogP contribution is -2.52. The second kappa shape index (κ2) is 7.33. The van der Waals surface area contributed by atoms with Gasteiger partial charge in [-0.3, -0.25) is 4.79 Å². The highest BCUT2D eigenvalue weighted by Crippen LogP contribution is 2.59. The van der Waals surface area contributed by atoms with Gasteiger partial charge in [-0.25, -0.2) is 4.79 Å². The van der Waals surface area contributed by atoms with Crippen LogP contribution in [0.5, 0.6) is 0 Å². The van der Waals surface area contributed by atoms with Gasteiger partial charge in [-0.15, -0.1) is 0 Å². The number of alkyl carbamates (subject to hydrolysis) is 1. The molecule has 0 spiro atoms. The average molecular weight is 399 g/mol. The second-order valence-electron chi connectivity index (χ2n) is 10.2. The van der Waals surface area contributed by atoms with Gasteiger partial charge in [-0.1, -0.05) is 45.0 Å². The van der Waals surface area contributed by atoms with Crippen molar-refractivity contribution in [2.45, 2.75) is 70.3 Å². The number of likely N-dealkylation sites (tertiary alicyclic amines) is 1. The number of ether oxygens (including phenoxy) is 1. The first-order valence-corrected chi connectivity index (χ1v) is 11.1. The van der Waals surface area contributed by atoms with E-state index in [0.29, 0.717) is 12.5 Å². The number of fused-ring (bicyclic) bond motifs is 1. The fraction of sp³-hybridized carbons (Fsp3) is 0.667. The Labute approximate surface area is 174 Å². The maximum absolute atomic E-state index is 12.9. The zero-order valence-corrected chi connectivity index (χ0v) is 18.2. The third kappa shape index (κ3) is 3.88. The number of hydrogen-bond acceptors (Lipinski definition) is 3. The maximum atomic E-state index is 12.9. The summed E-state index contributed by atoms with van der Waals surface area (Å²) in [5, 5.41) is 2.84. The SMILES string of the molecule is CCOC(=O)NC1CC(C(=O)N2CCC3(c4cccc(C(C)(C)C)c4)CC3C2)C1. The molecule has 0 radical (unpaired) electrons. The molecule has 2 amide bonds. The summed E-state index contributed by atoms with van der Waals surface area (Å²) in [5.41, 5.74) is 3.30. The van der Waals surface area contributed by atoms with Crippen LogP contribution in [0.25, 0.3) is 0 Å². The van der Waals surface area contributed by atoms with Crippen LogP contribution in [0.4, 0.5) is 4.79 Å². The minimum Gasteiger partial charge on any atom is -0.450 e. The van der Waals surface area contributed by atoms with E-state index in [0.717, 1.165) is 32.4 Å². The number of nitrogens with one attached hydrogen (secondary N) is 1. The number of rotatable bonds is 4. The highest BCUT2D eigenvalue weighted by atomic mass is 16.5. The Kier molecular flexibility index (Phi) is 5.12. The molecule has 1 aromatic rings. The van der Waals surface area contributed by atoms with Crippen molar-refractivity contribution < 1.29 is 14.3 Å². The summed E-state index contributed by atoms with van der Waals surface area (Å²) in [5.74, 6) is 0.914. The van der Waals surface area contributed by atoms with Crippen molar-refractivity contribution in [1.29, 1.82) is 0 Å². The number of benzene rings is 1. The minimum absolute atomic E-state index is 0.0531. The van der Waals surface area contributed by atoms with Crippen molar-refractivity contribution in [3.8, 4) is 0 Å². The molecule has 0 aromatic heterocycles. The van der Waals surface area contributed by atoms with E-state index in [1.54, 1.807) is 6.92 Å². The Hall–Kier alpha value is -2.04. The third-order valence-corrected chi connectivity index (χ3v) is 7.20. The van der Waals surface area contributed by atoms with Crippen LogP contribution in [0.2, 0.25) is 0 Å². The van der Waals surface area contributed by atoms with E-state index >= 15 is 0 Å². The number of hydrogen-bond donors (Lipinski definition) is 1. The molecule has 2 saturated carbocycles. The largest absolute Gasteiger partial charge is 0.450 e. The van der Waals surface area contributed by atoms with Gasteiger partial charge in [0.2, 0.25) is 5.91 Å². The monoisotopic (exact) mass is 398 g/mol. The van der Waals surface area contributed by atoms with Gasteiger partial charge in [0.25, 0.3) is 0 Å². The molecule has 0 bridgehead atoms. The summed E-state index contributed by atoms with van der Waals surface area (Å²) in [6.45, 7) is 10.7. The Morgan fingerprint density at radius 1 is 1.28 bits per heavy atom. The van der Waals surface area contributed by atoms with Gasteiger partial charge >= 0.3 is 6.09 Å². The van der Waals surface area contributed by atoms with Gasteiger partial charge in [-0.05, 0) is 55.1 Å². The van der Waals surface area contributed by atoms with Crippen molar-refractivity contribution in [3.05, 3.63) is 35.4 Å². The van der Waals surface area contributed by atoms with E-state index < -0.39 is 0 Å². The molecular formula is C24H34N2O3. The van der Waals surface area contributed by atoms with Gasteiger partial charge < -0.3 is 15.0 Å². The van der Waals surface area contributed by atoms with Crippen LogP contribution >= 0.6 is 0 Å². The number of carbonyl (C=O) groups excluding carboxylic acids is 2. The zero-order chi connectivity index (χ0) is 20.8. The van der Waals surface area contributed by atoms with Gasteiger partial charge in [-0.2, -0.15) is 0 Å². The van der Waals surface area contributed by atoms with Gasteiger partial charge in [0.05, 0.1) is 6.61 Å². The predicted octanol–water partition coefficient (Wildman–Crippen LogP) is 4.00. The molecule has 158 valence electrons. The van der Waals surface area contributed by atoms with Crippen LogP contribution in [-0.2, 0) is 20.4 Å². The molecule has 3 aliphatic rings. The number of piperidine rings is 1. The van der Waals surface area contributed by atoms with Crippen molar-refractivity contribution in [3.63, 3.8) is 0 Å². The summed E-state index contributed by atoms with van der Waals surface area (Å²) in [6.07, 6.45) is 3.35. The quantitative estimate of drug-likeness (QED) is 0.834. The normalized spacial score (nSPS) is 30.8. The van der Waals surface area contributed by atoms with Crippen LogP contribution in [0.15, 0.2) is 24.3 Å². The summed E-state index contributed by atoms with van der Waals surface area (Å²) in [7, 11) is 0. The van der Waals surface area contributed by atoms with Gasteiger partial charge in [0, 0.05) is 30.5 Å². The molecule has 2 unspecified atom stereocenters. The van der Waals surface area contributed by atoms with E-state index in [1.807, 2.05) is 0 Å². The lowest BCUT2D eigenvalue weighted by atomic mass is 9.78. The number of amides is 2. The van der Waals surface area contributed by atoms with Crippen LogP contribution in [0.3, 0.4) is 0 Å². The molecule has 5 heteroatoms. The summed E-state index contributed by atoms with van der Waals surface area (Å²) >= 11 is 0. The predicted molar refractivity (Wildman–Crippen MR) is 113 cm³/mol. The highest BCUT2D eigenvalue weighted by molar-refractivity contribution is 5.80. The van der Waals surface area contributed by atoms with Crippen molar-refractivity contribution in [1.82, 2.24) is 10.2 Å². The summed E-state index contributed by atoms with van der Waals surface area (Å²) in [6, 6.07) is 9.18. The van der Waals surface area contributed by atoms with Crippen LogP contribution in [-0.4, -0.2) is 42.6 Å². The molecular weight excluding hydrogens is 364 g/mol. The molecule has 29 heavy (non-hydrogen) atoms. The first-order valence-electron chi connectivity index (χ1n) is 11.1. The molecule has 5 nitrogen and oxygen atoms in total. The molecule has 1 N–H and O–H groups in total. The Morgan fingerprint density at radius 2 is 2.03 bits per heavy atom.